The largest absolute Gasteiger partial charge is 0.480 e. The first-order valence-electron chi connectivity index (χ1n) is 10.9. The van der Waals surface area contributed by atoms with Gasteiger partial charge in [0.2, 0.25) is 0 Å². The Morgan fingerprint density at radius 3 is 1.50 bits per heavy atom. The number of benzene rings is 4. The lowest BCUT2D eigenvalue weighted by Crippen LogP contribution is -2.17. The third kappa shape index (κ3) is 9.37. The van der Waals surface area contributed by atoms with Crippen LogP contribution in [-0.4, -0.2) is 46.0 Å². The van der Waals surface area contributed by atoms with Crippen LogP contribution in [0, 0.1) is 0 Å². The molecule has 4 aromatic rings. The summed E-state index contributed by atoms with van der Waals surface area (Å²) in [5.41, 5.74) is 2.15. The number of alkyl halides is 2. The minimum Gasteiger partial charge on any atom is -0.480 e. The molecular formula is C29H32Br2O5. The Morgan fingerprint density at radius 1 is 0.722 bits per heavy atom. The van der Waals surface area contributed by atoms with Gasteiger partial charge >= 0.3 is 11.9 Å². The number of methoxy groups -OCH3 is 1. The van der Waals surface area contributed by atoms with Crippen molar-refractivity contribution in [2.24, 2.45) is 0 Å². The normalized spacial score (nSPS) is 11.6. The van der Waals surface area contributed by atoms with E-state index in [4.69, 9.17) is 10.2 Å². The predicted molar refractivity (Wildman–Crippen MR) is 155 cm³/mol. The fraction of sp³-hybridized carbons (Fsp3) is 0.241. The van der Waals surface area contributed by atoms with Gasteiger partial charge < -0.3 is 14.9 Å². The van der Waals surface area contributed by atoms with Gasteiger partial charge in [0.1, 0.15) is 9.65 Å². The molecule has 0 aliphatic carbocycles. The summed E-state index contributed by atoms with van der Waals surface area (Å²) in [7, 11) is 2.40. The van der Waals surface area contributed by atoms with E-state index < -0.39 is 10.8 Å². The Labute approximate surface area is 229 Å². The molecule has 192 valence electrons. The summed E-state index contributed by atoms with van der Waals surface area (Å²) in [5, 5.41) is 20.5. The van der Waals surface area contributed by atoms with Gasteiger partial charge in [-0.2, -0.15) is 0 Å². The first kappa shape index (κ1) is 31.3. The van der Waals surface area contributed by atoms with E-state index in [1.54, 1.807) is 0 Å². The van der Waals surface area contributed by atoms with Gasteiger partial charge in [0.25, 0.3) is 0 Å². The minimum atomic E-state index is -0.826. The summed E-state index contributed by atoms with van der Waals surface area (Å²) in [6.45, 7) is 0. The molecule has 2 N–H and O–H groups in total. The molecule has 0 radical (unpaired) electrons. The van der Waals surface area contributed by atoms with Gasteiger partial charge in [0.15, 0.2) is 0 Å². The molecule has 0 bridgehead atoms. The predicted octanol–water partition coefficient (Wildman–Crippen LogP) is 6.79. The van der Waals surface area contributed by atoms with Gasteiger partial charge in [-0.25, -0.2) is 0 Å². The third-order valence-corrected chi connectivity index (χ3v) is 6.60. The van der Waals surface area contributed by atoms with Crippen LogP contribution in [0.3, 0.4) is 0 Å². The lowest BCUT2D eigenvalue weighted by atomic mass is 10.0. The molecule has 0 aromatic heterocycles. The number of aliphatic carboxylic acids is 1. The lowest BCUT2D eigenvalue weighted by Gasteiger charge is -2.08. The third-order valence-electron chi connectivity index (χ3n) is 5.18. The lowest BCUT2D eigenvalue weighted by molar-refractivity contribution is -0.140. The smallest absolute Gasteiger partial charge is 0.319 e. The molecule has 0 saturated heterocycles. The van der Waals surface area contributed by atoms with E-state index in [-0.39, 0.29) is 18.2 Å². The summed E-state index contributed by atoms with van der Waals surface area (Å²) in [4.78, 5) is 21.2. The molecule has 0 amide bonds. The van der Waals surface area contributed by atoms with Gasteiger partial charge in [-0.05, 0) is 45.5 Å². The maximum Gasteiger partial charge on any atom is 0.319 e. The zero-order valence-corrected chi connectivity index (χ0v) is 22.7. The van der Waals surface area contributed by atoms with Crippen molar-refractivity contribution in [1.82, 2.24) is 0 Å². The first-order chi connectivity index (χ1) is 16.9. The average molecular weight is 620 g/mol. The van der Waals surface area contributed by atoms with E-state index in [1.807, 2.05) is 60.7 Å². The number of carbonyl (C=O) groups excluding carboxylic acids is 1. The number of hydrogen-bond donors (Lipinski definition) is 2. The number of aliphatic hydroxyl groups excluding tert-OH is 1. The molecule has 0 fully saturated rings. The molecule has 0 spiro atoms. The van der Waals surface area contributed by atoms with Gasteiger partial charge in [-0.1, -0.05) is 124 Å². The van der Waals surface area contributed by atoms with Crippen LogP contribution in [0.15, 0.2) is 84.9 Å². The van der Waals surface area contributed by atoms with E-state index >= 15 is 0 Å². The molecule has 0 saturated carbocycles. The first-order valence-corrected chi connectivity index (χ1v) is 12.7. The summed E-state index contributed by atoms with van der Waals surface area (Å²) in [6.07, 6.45) is 1.14. The molecular weight excluding hydrogens is 588 g/mol. The molecule has 2 atom stereocenters. The van der Waals surface area contributed by atoms with Crippen LogP contribution < -0.4 is 0 Å². The Balaban J connectivity index is 0.000000329. The van der Waals surface area contributed by atoms with Crippen LogP contribution in [0.1, 0.15) is 18.6 Å². The van der Waals surface area contributed by atoms with E-state index in [0.717, 1.165) is 23.6 Å². The summed E-state index contributed by atoms with van der Waals surface area (Å²) < 4.78 is 4.69. The monoisotopic (exact) mass is 618 g/mol. The van der Waals surface area contributed by atoms with E-state index in [2.05, 4.69) is 60.9 Å². The SMILES string of the molecule is C.CO.COC(=O)[C@H](Br)Cc1ccc2ccccc2c1.O=C(O)[C@H](Br)Cc1ccc2ccccc2c1. The molecule has 0 unspecified atom stereocenters. The van der Waals surface area contributed by atoms with Crippen LogP contribution in [0.2, 0.25) is 0 Å². The number of esters is 1. The number of aliphatic hydroxyl groups is 1. The molecule has 0 heterocycles. The number of rotatable bonds is 6. The average Bonchev–Trinajstić information content (AvgIpc) is 2.89. The number of carboxylic acid groups (broad SMARTS) is 1. The maximum absolute atomic E-state index is 11.3. The highest BCUT2D eigenvalue weighted by molar-refractivity contribution is 9.10. The standard InChI is InChI=1S/C14H13BrO2.C13H11BrO2.CH4O.CH4/c1-17-14(16)13(15)9-10-6-7-11-4-2-3-5-12(11)8-10;14-12(13(15)16)8-9-5-6-10-3-1-2-4-11(10)7-9;1-2;/h2-8,13H,9H2,1H3;1-7,12H,8H2,(H,15,16);2H,1H3;1H4/t13-;12-;;/m11../s1. The van der Waals surface area contributed by atoms with Crippen molar-refractivity contribution in [3.63, 3.8) is 0 Å². The molecule has 0 aliphatic heterocycles. The quantitative estimate of drug-likeness (QED) is 0.183. The van der Waals surface area contributed by atoms with Crippen molar-refractivity contribution >= 4 is 65.3 Å². The number of ether oxygens (including phenoxy) is 1. The topological polar surface area (TPSA) is 83.8 Å². The second-order valence-corrected chi connectivity index (χ2v) is 9.78. The van der Waals surface area contributed by atoms with Crippen molar-refractivity contribution in [2.45, 2.75) is 29.9 Å². The number of fused-ring (bicyclic) bond motifs is 2. The maximum atomic E-state index is 11.3. The van der Waals surface area contributed by atoms with Crippen LogP contribution >= 0.6 is 31.9 Å². The second-order valence-electron chi connectivity index (χ2n) is 7.57. The summed E-state index contributed by atoms with van der Waals surface area (Å²) in [6, 6.07) is 28.5. The molecule has 4 rings (SSSR count). The highest BCUT2D eigenvalue weighted by atomic mass is 79.9. The highest BCUT2D eigenvalue weighted by Gasteiger charge is 2.15. The van der Waals surface area contributed by atoms with Crippen LogP contribution in [0.25, 0.3) is 21.5 Å². The fourth-order valence-corrected chi connectivity index (χ4v) is 4.38. The van der Waals surface area contributed by atoms with Crippen molar-refractivity contribution in [3.05, 3.63) is 96.1 Å². The molecule has 5 nitrogen and oxygen atoms in total. The Hall–Kier alpha value is -2.74. The Bertz CT molecular complexity index is 1260. The minimum absolute atomic E-state index is 0. The Kier molecular flexibility index (Phi) is 14.0. The molecule has 0 aliphatic rings. The van der Waals surface area contributed by atoms with Gasteiger partial charge in [0, 0.05) is 7.11 Å². The molecule has 36 heavy (non-hydrogen) atoms. The second kappa shape index (κ2) is 16.1. The van der Waals surface area contributed by atoms with Crippen LogP contribution in [0.4, 0.5) is 0 Å². The van der Waals surface area contributed by atoms with Crippen LogP contribution in [0.5, 0.6) is 0 Å². The molecule has 7 heteroatoms. The zero-order chi connectivity index (χ0) is 25.8. The van der Waals surface area contributed by atoms with Crippen molar-refractivity contribution < 1.29 is 24.5 Å². The van der Waals surface area contributed by atoms with Crippen molar-refractivity contribution in [1.29, 1.82) is 0 Å². The fourth-order valence-electron chi connectivity index (χ4n) is 3.44. The summed E-state index contributed by atoms with van der Waals surface area (Å²) in [5.74, 6) is -1.06. The molecule has 4 aromatic carbocycles. The number of carbonyl (C=O) groups is 2. The Morgan fingerprint density at radius 2 is 1.11 bits per heavy atom. The van der Waals surface area contributed by atoms with E-state index in [1.165, 1.54) is 23.3 Å². The summed E-state index contributed by atoms with van der Waals surface area (Å²) >= 11 is 6.47. The van der Waals surface area contributed by atoms with Crippen molar-refractivity contribution in [3.8, 4) is 0 Å². The highest BCUT2D eigenvalue weighted by Crippen LogP contribution is 2.19. The van der Waals surface area contributed by atoms with Crippen molar-refractivity contribution in [2.75, 3.05) is 14.2 Å². The number of halogens is 2. The van der Waals surface area contributed by atoms with Crippen LogP contribution in [-0.2, 0) is 27.2 Å². The van der Waals surface area contributed by atoms with Gasteiger partial charge in [0.05, 0.1) is 7.11 Å². The number of carboxylic acids is 1. The number of hydrogen-bond acceptors (Lipinski definition) is 4. The zero-order valence-electron chi connectivity index (χ0n) is 19.5. The van der Waals surface area contributed by atoms with Gasteiger partial charge in [-0.15, -0.1) is 0 Å². The van der Waals surface area contributed by atoms with E-state index in [0.29, 0.717) is 12.8 Å². The van der Waals surface area contributed by atoms with E-state index in [9.17, 15) is 9.59 Å². The van der Waals surface area contributed by atoms with Gasteiger partial charge in [-0.3, -0.25) is 9.59 Å².